The molecule has 0 aromatic heterocycles. The summed E-state index contributed by atoms with van der Waals surface area (Å²) >= 11 is -2.55. The van der Waals surface area contributed by atoms with Crippen molar-refractivity contribution >= 4 is 22.1 Å². The molecule has 0 saturated heterocycles. The number of hydrogen-bond donors (Lipinski definition) is 0. The zero-order valence-corrected chi connectivity index (χ0v) is 21.1. The standard InChI is InChI=1S/C28H44O3S/c1-3-5-7-9-11-13-15-21-26-25-20-18-17-19-24(25)23-28(31-32(29)30)27(26)22-16-14-12-10-8-6-4-2/h17-20,23H,3-16,21-22H2,1-2H3,(H,29,30)/p-1. The van der Waals surface area contributed by atoms with Crippen LogP contribution in [0.2, 0.25) is 0 Å². The predicted octanol–water partition coefficient (Wildman–Crippen LogP) is 8.60. The maximum atomic E-state index is 11.4. The van der Waals surface area contributed by atoms with Gasteiger partial charge in [0, 0.05) is 0 Å². The summed E-state index contributed by atoms with van der Waals surface area (Å²) in [5.74, 6) is 0.529. The van der Waals surface area contributed by atoms with Crippen molar-refractivity contribution in [3.05, 3.63) is 41.5 Å². The van der Waals surface area contributed by atoms with Crippen LogP contribution >= 0.6 is 0 Å². The van der Waals surface area contributed by atoms with Crippen molar-refractivity contribution in [1.29, 1.82) is 0 Å². The number of rotatable bonds is 18. The van der Waals surface area contributed by atoms with Crippen LogP contribution in [-0.4, -0.2) is 8.76 Å². The van der Waals surface area contributed by atoms with Crippen LogP contribution in [0.15, 0.2) is 30.3 Å². The fourth-order valence-electron chi connectivity index (χ4n) is 4.66. The molecule has 0 heterocycles. The number of aryl methyl sites for hydroxylation is 1. The van der Waals surface area contributed by atoms with E-state index in [1.165, 1.54) is 88.0 Å². The van der Waals surface area contributed by atoms with E-state index < -0.39 is 11.4 Å². The van der Waals surface area contributed by atoms with Gasteiger partial charge in [0.25, 0.3) is 0 Å². The lowest BCUT2D eigenvalue weighted by Gasteiger charge is -2.19. The van der Waals surface area contributed by atoms with E-state index in [4.69, 9.17) is 4.18 Å². The van der Waals surface area contributed by atoms with Gasteiger partial charge < -0.3 is 8.74 Å². The van der Waals surface area contributed by atoms with Crippen molar-refractivity contribution in [3.63, 3.8) is 0 Å². The van der Waals surface area contributed by atoms with Crippen LogP contribution in [0.4, 0.5) is 0 Å². The molecule has 0 amide bonds. The molecule has 0 N–H and O–H groups in total. The van der Waals surface area contributed by atoms with Crippen molar-refractivity contribution in [1.82, 2.24) is 0 Å². The first-order valence-corrected chi connectivity index (χ1v) is 14.0. The molecule has 3 nitrogen and oxygen atoms in total. The second kappa shape index (κ2) is 16.3. The van der Waals surface area contributed by atoms with Gasteiger partial charge in [-0.1, -0.05) is 115 Å². The normalized spacial score (nSPS) is 12.3. The number of fused-ring (bicyclic) bond motifs is 1. The average Bonchev–Trinajstić information content (AvgIpc) is 2.78. The molecule has 4 heteroatoms. The lowest BCUT2D eigenvalue weighted by molar-refractivity contribution is 0.437. The zero-order chi connectivity index (χ0) is 23.0. The van der Waals surface area contributed by atoms with Crippen LogP contribution < -0.4 is 4.18 Å². The second-order valence-corrected chi connectivity index (χ2v) is 9.66. The summed E-state index contributed by atoms with van der Waals surface area (Å²) in [5.41, 5.74) is 2.40. The van der Waals surface area contributed by atoms with E-state index in [2.05, 4.69) is 32.0 Å². The molecule has 2 aromatic carbocycles. The largest absolute Gasteiger partial charge is 0.740 e. The summed E-state index contributed by atoms with van der Waals surface area (Å²) in [6.07, 6.45) is 19.5. The molecule has 0 radical (unpaired) electrons. The van der Waals surface area contributed by atoms with Crippen molar-refractivity contribution in [3.8, 4) is 5.75 Å². The summed E-state index contributed by atoms with van der Waals surface area (Å²) in [4.78, 5) is 0. The monoisotopic (exact) mass is 459 g/mol. The highest BCUT2D eigenvalue weighted by Gasteiger charge is 2.15. The van der Waals surface area contributed by atoms with Crippen LogP contribution in [0.25, 0.3) is 10.8 Å². The number of unbranched alkanes of at least 4 members (excludes halogenated alkanes) is 12. The Morgan fingerprint density at radius 3 is 1.78 bits per heavy atom. The Bertz CT molecular complexity index is 803. The van der Waals surface area contributed by atoms with E-state index in [1.54, 1.807) is 0 Å². The average molecular weight is 460 g/mol. The molecule has 1 atom stereocenters. The molecule has 32 heavy (non-hydrogen) atoms. The van der Waals surface area contributed by atoms with Crippen LogP contribution in [0, 0.1) is 0 Å². The van der Waals surface area contributed by atoms with E-state index in [-0.39, 0.29) is 0 Å². The topological polar surface area (TPSA) is 49.4 Å². The molecule has 1 unspecified atom stereocenters. The van der Waals surface area contributed by atoms with Gasteiger partial charge in [0.15, 0.2) is 0 Å². The first kappa shape index (κ1) is 26.9. The Labute approximate surface area is 198 Å². The van der Waals surface area contributed by atoms with Crippen LogP contribution in [0.1, 0.15) is 115 Å². The minimum Gasteiger partial charge on any atom is -0.740 e. The Morgan fingerprint density at radius 1 is 0.719 bits per heavy atom. The van der Waals surface area contributed by atoms with Gasteiger partial charge in [-0.05, 0) is 53.6 Å². The summed E-state index contributed by atoms with van der Waals surface area (Å²) in [5, 5.41) is 2.31. The maximum absolute atomic E-state index is 11.4. The van der Waals surface area contributed by atoms with Crippen LogP contribution in [-0.2, 0) is 24.2 Å². The van der Waals surface area contributed by atoms with Crippen LogP contribution in [0.5, 0.6) is 5.75 Å². The molecule has 0 saturated carbocycles. The minimum atomic E-state index is -2.55. The highest BCUT2D eigenvalue weighted by molar-refractivity contribution is 7.74. The van der Waals surface area contributed by atoms with Crippen LogP contribution in [0.3, 0.4) is 0 Å². The molecule has 0 aliphatic rings. The molecule has 180 valence electrons. The van der Waals surface area contributed by atoms with Crippen molar-refractivity contribution in [2.24, 2.45) is 0 Å². The van der Waals surface area contributed by atoms with E-state index in [0.717, 1.165) is 36.6 Å². The Kier molecular flexibility index (Phi) is 13.6. The van der Waals surface area contributed by atoms with E-state index in [0.29, 0.717) is 5.75 Å². The lowest BCUT2D eigenvalue weighted by atomic mass is 9.90. The molecule has 0 aliphatic carbocycles. The Hall–Kier alpha value is -1.39. The third kappa shape index (κ3) is 9.62. The highest BCUT2D eigenvalue weighted by Crippen LogP contribution is 2.34. The predicted molar refractivity (Wildman–Crippen MR) is 137 cm³/mol. The fraction of sp³-hybridized carbons (Fsp3) is 0.643. The molecule has 0 bridgehead atoms. The van der Waals surface area contributed by atoms with Crippen molar-refractivity contribution in [2.75, 3.05) is 0 Å². The summed E-state index contributed by atoms with van der Waals surface area (Å²) in [6, 6.07) is 10.2. The quantitative estimate of drug-likeness (QED) is 0.166. The first-order valence-electron chi connectivity index (χ1n) is 13.0. The van der Waals surface area contributed by atoms with Crippen molar-refractivity contribution in [2.45, 2.75) is 117 Å². The van der Waals surface area contributed by atoms with Gasteiger partial charge in [0.2, 0.25) is 0 Å². The third-order valence-corrected chi connectivity index (χ3v) is 6.77. The SMILES string of the molecule is CCCCCCCCCc1c(OS(=O)[O-])cc2ccccc2c1CCCCCCCCC. The maximum Gasteiger partial charge on any atom is 0.143 e. The van der Waals surface area contributed by atoms with Gasteiger partial charge in [-0.15, -0.1) is 0 Å². The minimum absolute atomic E-state index is 0.529. The molecular formula is C28H43O3S-. The van der Waals surface area contributed by atoms with Gasteiger partial charge >= 0.3 is 0 Å². The summed E-state index contributed by atoms with van der Waals surface area (Å²) in [7, 11) is 0. The van der Waals surface area contributed by atoms with Crippen molar-refractivity contribution < 1.29 is 12.9 Å². The fourth-order valence-corrected chi connectivity index (χ4v) is 4.96. The zero-order valence-electron chi connectivity index (χ0n) is 20.3. The lowest BCUT2D eigenvalue weighted by Crippen LogP contribution is -2.05. The summed E-state index contributed by atoms with van der Waals surface area (Å²) in [6.45, 7) is 4.50. The van der Waals surface area contributed by atoms with Gasteiger partial charge in [-0.3, -0.25) is 0 Å². The molecule has 0 aliphatic heterocycles. The third-order valence-electron chi connectivity index (χ3n) is 6.45. The molecule has 2 rings (SSSR count). The van der Waals surface area contributed by atoms with Gasteiger partial charge in [0.1, 0.15) is 17.1 Å². The second-order valence-electron chi connectivity index (χ2n) is 9.08. The molecular weight excluding hydrogens is 416 g/mol. The van der Waals surface area contributed by atoms with Gasteiger partial charge in [-0.25, -0.2) is 4.21 Å². The number of hydrogen-bond acceptors (Lipinski definition) is 3. The molecule has 0 fully saturated rings. The van der Waals surface area contributed by atoms with E-state index >= 15 is 0 Å². The van der Waals surface area contributed by atoms with Gasteiger partial charge in [-0.2, -0.15) is 0 Å². The smallest absolute Gasteiger partial charge is 0.143 e. The Morgan fingerprint density at radius 2 is 1.22 bits per heavy atom. The van der Waals surface area contributed by atoms with E-state index in [9.17, 15) is 8.76 Å². The first-order chi connectivity index (χ1) is 15.7. The summed E-state index contributed by atoms with van der Waals surface area (Å²) < 4.78 is 28.1. The molecule has 2 aromatic rings. The number of benzene rings is 2. The molecule has 0 spiro atoms. The Balaban J connectivity index is 2.11. The van der Waals surface area contributed by atoms with Gasteiger partial charge in [0.05, 0.1) is 0 Å². The highest BCUT2D eigenvalue weighted by atomic mass is 32.2. The van der Waals surface area contributed by atoms with E-state index in [1.807, 2.05) is 12.1 Å².